The fraction of sp³-hybridized carbons (Fsp3) is 0.0769. The average molecular weight is 386 g/mol. The number of anilines is 2. The van der Waals surface area contributed by atoms with Crippen LogP contribution in [0, 0.1) is 6.92 Å². The Morgan fingerprint density at radius 1 is 1.37 bits per heavy atom. The quantitative estimate of drug-likeness (QED) is 0.824. The van der Waals surface area contributed by atoms with Gasteiger partial charge in [0.25, 0.3) is 0 Å². The van der Waals surface area contributed by atoms with Gasteiger partial charge >= 0.3 is 5.97 Å². The van der Waals surface area contributed by atoms with E-state index in [1.54, 1.807) is 6.20 Å². The van der Waals surface area contributed by atoms with E-state index in [0.717, 1.165) is 15.7 Å². The normalized spacial score (nSPS) is 10.3. The van der Waals surface area contributed by atoms with E-state index >= 15 is 0 Å². The van der Waals surface area contributed by atoms with E-state index in [0.29, 0.717) is 10.3 Å². The van der Waals surface area contributed by atoms with Gasteiger partial charge in [0.1, 0.15) is 11.4 Å². The molecule has 0 spiro atoms. The number of benzene rings is 1. The van der Waals surface area contributed by atoms with Gasteiger partial charge in [-0.3, -0.25) is 0 Å². The summed E-state index contributed by atoms with van der Waals surface area (Å²) in [6.45, 7) is 1.94. The van der Waals surface area contributed by atoms with Crippen LogP contribution in [0.5, 0.6) is 0 Å². The lowest BCUT2D eigenvalue weighted by Gasteiger charge is -2.12. The lowest BCUT2D eigenvalue weighted by molar-refractivity contribution is 0.0697. The van der Waals surface area contributed by atoms with Gasteiger partial charge in [0.05, 0.1) is 0 Å². The minimum Gasteiger partial charge on any atom is -0.478 e. The number of carboxylic acids is 1. The molecule has 0 saturated carbocycles. The first-order valence-electron chi connectivity index (χ1n) is 5.40. The van der Waals surface area contributed by atoms with E-state index in [-0.39, 0.29) is 5.56 Å². The van der Waals surface area contributed by atoms with Gasteiger partial charge in [-0.25, -0.2) is 9.78 Å². The Hall–Kier alpha value is -1.40. The molecule has 0 atom stereocenters. The van der Waals surface area contributed by atoms with Crippen molar-refractivity contribution in [2.24, 2.45) is 0 Å². The predicted octanol–water partition coefficient (Wildman–Crippen LogP) is 4.36. The van der Waals surface area contributed by atoms with E-state index in [1.807, 2.05) is 25.1 Å². The van der Waals surface area contributed by atoms with Crippen LogP contribution in [-0.2, 0) is 0 Å². The van der Waals surface area contributed by atoms with Crippen LogP contribution in [0.1, 0.15) is 15.9 Å². The van der Waals surface area contributed by atoms with E-state index < -0.39 is 5.97 Å². The second kappa shape index (κ2) is 5.71. The van der Waals surface area contributed by atoms with Gasteiger partial charge in [0.15, 0.2) is 0 Å². The molecule has 0 aliphatic carbocycles. The van der Waals surface area contributed by atoms with Crippen molar-refractivity contribution in [3.8, 4) is 0 Å². The molecule has 2 aromatic rings. The number of carbonyl (C=O) groups is 1. The highest BCUT2D eigenvalue weighted by Crippen LogP contribution is 2.28. The molecule has 1 aromatic heterocycles. The van der Waals surface area contributed by atoms with Crippen LogP contribution < -0.4 is 5.32 Å². The number of aromatic carboxylic acids is 1. The molecule has 1 heterocycles. The Morgan fingerprint density at radius 3 is 2.79 bits per heavy atom. The molecule has 19 heavy (non-hydrogen) atoms. The maximum Gasteiger partial charge on any atom is 0.339 e. The molecule has 0 aliphatic rings. The van der Waals surface area contributed by atoms with E-state index in [1.165, 1.54) is 6.07 Å². The fourth-order valence-electron chi connectivity index (χ4n) is 1.57. The Balaban J connectivity index is 2.44. The van der Waals surface area contributed by atoms with Crippen molar-refractivity contribution >= 4 is 49.3 Å². The second-order valence-electron chi connectivity index (χ2n) is 3.89. The summed E-state index contributed by atoms with van der Waals surface area (Å²) in [7, 11) is 0. The first-order chi connectivity index (χ1) is 8.99. The second-order valence-corrected chi connectivity index (χ2v) is 5.66. The van der Waals surface area contributed by atoms with Crippen molar-refractivity contribution in [1.29, 1.82) is 0 Å². The molecular weight excluding hydrogens is 376 g/mol. The largest absolute Gasteiger partial charge is 0.478 e. The van der Waals surface area contributed by atoms with E-state index in [9.17, 15) is 9.90 Å². The summed E-state index contributed by atoms with van der Waals surface area (Å²) in [4.78, 5) is 15.3. The summed E-state index contributed by atoms with van der Waals surface area (Å²) >= 11 is 6.65. The highest BCUT2D eigenvalue weighted by molar-refractivity contribution is 9.10. The number of nitrogens with zero attached hydrogens (tertiary/aromatic N) is 1. The molecule has 0 amide bonds. The van der Waals surface area contributed by atoms with Gasteiger partial charge in [-0.1, -0.05) is 22.0 Å². The molecule has 0 fully saturated rings. The zero-order valence-corrected chi connectivity index (χ0v) is 13.1. The number of hydrogen-bond acceptors (Lipinski definition) is 3. The highest BCUT2D eigenvalue weighted by Gasteiger charge is 2.13. The number of halogens is 2. The molecule has 2 rings (SSSR count). The third-order valence-corrected chi connectivity index (χ3v) is 3.90. The minimum absolute atomic E-state index is 0.119. The van der Waals surface area contributed by atoms with Crippen LogP contribution in [0.2, 0.25) is 0 Å². The Kier molecular flexibility index (Phi) is 4.21. The Labute approximate surface area is 127 Å². The van der Waals surface area contributed by atoms with Crippen molar-refractivity contribution in [1.82, 2.24) is 4.98 Å². The number of nitrogens with one attached hydrogen (secondary N) is 1. The van der Waals surface area contributed by atoms with Gasteiger partial charge in [0, 0.05) is 20.8 Å². The fourth-order valence-corrected chi connectivity index (χ4v) is 2.27. The molecule has 0 aliphatic heterocycles. The van der Waals surface area contributed by atoms with E-state index in [2.05, 4.69) is 42.2 Å². The summed E-state index contributed by atoms with van der Waals surface area (Å²) in [5, 5.41) is 12.2. The maximum atomic E-state index is 11.2. The van der Waals surface area contributed by atoms with Crippen molar-refractivity contribution in [2.75, 3.05) is 5.32 Å². The van der Waals surface area contributed by atoms with Crippen molar-refractivity contribution in [3.63, 3.8) is 0 Å². The zero-order chi connectivity index (χ0) is 14.0. The van der Waals surface area contributed by atoms with Gasteiger partial charge in [-0.2, -0.15) is 0 Å². The van der Waals surface area contributed by atoms with Crippen molar-refractivity contribution < 1.29 is 9.90 Å². The van der Waals surface area contributed by atoms with Crippen molar-refractivity contribution in [3.05, 3.63) is 50.5 Å². The first kappa shape index (κ1) is 14.0. The number of rotatable bonds is 3. The molecule has 2 N–H and O–H groups in total. The standard InChI is InChI=1S/C13H10Br2N2O2/c1-7-10(15)3-2-4-11(7)17-12-9(13(18)19)5-8(14)6-16-12/h2-6H,1H3,(H,16,17)(H,18,19). The van der Waals surface area contributed by atoms with Crippen LogP contribution >= 0.6 is 31.9 Å². The molecule has 6 heteroatoms. The summed E-state index contributed by atoms with van der Waals surface area (Å²) in [5.41, 5.74) is 1.92. The Morgan fingerprint density at radius 2 is 2.11 bits per heavy atom. The molecule has 98 valence electrons. The number of aromatic nitrogens is 1. The average Bonchev–Trinajstić information content (AvgIpc) is 2.36. The SMILES string of the molecule is Cc1c(Br)cccc1Nc1ncc(Br)cc1C(=O)O. The van der Waals surface area contributed by atoms with Gasteiger partial charge in [0.2, 0.25) is 0 Å². The minimum atomic E-state index is -1.02. The lowest BCUT2D eigenvalue weighted by Crippen LogP contribution is -2.05. The van der Waals surface area contributed by atoms with Crippen molar-refractivity contribution in [2.45, 2.75) is 6.92 Å². The third kappa shape index (κ3) is 3.13. The smallest absolute Gasteiger partial charge is 0.339 e. The molecule has 0 radical (unpaired) electrons. The number of hydrogen-bond donors (Lipinski definition) is 2. The summed E-state index contributed by atoms with van der Waals surface area (Å²) < 4.78 is 1.58. The van der Waals surface area contributed by atoms with E-state index in [4.69, 9.17) is 0 Å². The van der Waals surface area contributed by atoms with Crippen LogP contribution in [0.25, 0.3) is 0 Å². The molecule has 1 aromatic carbocycles. The van der Waals surface area contributed by atoms with Crippen LogP contribution in [0.4, 0.5) is 11.5 Å². The Bertz CT molecular complexity index is 645. The number of pyridine rings is 1. The maximum absolute atomic E-state index is 11.2. The van der Waals surface area contributed by atoms with Gasteiger partial charge < -0.3 is 10.4 Å². The van der Waals surface area contributed by atoms with Gasteiger partial charge in [-0.05, 0) is 46.6 Å². The monoisotopic (exact) mass is 384 g/mol. The van der Waals surface area contributed by atoms with Crippen LogP contribution in [0.15, 0.2) is 39.4 Å². The van der Waals surface area contributed by atoms with Crippen LogP contribution in [-0.4, -0.2) is 16.1 Å². The summed E-state index contributed by atoms with van der Waals surface area (Å²) in [5.74, 6) is -0.708. The molecular formula is C13H10Br2N2O2. The summed E-state index contributed by atoms with van der Waals surface area (Å²) in [6.07, 6.45) is 1.56. The lowest BCUT2D eigenvalue weighted by atomic mass is 10.2. The molecule has 0 unspecified atom stereocenters. The number of carboxylic acid groups (broad SMARTS) is 1. The molecule has 0 bridgehead atoms. The first-order valence-corrected chi connectivity index (χ1v) is 6.98. The zero-order valence-electron chi connectivity index (χ0n) is 9.95. The predicted molar refractivity (Wildman–Crippen MR) is 81.1 cm³/mol. The van der Waals surface area contributed by atoms with Crippen LogP contribution in [0.3, 0.4) is 0 Å². The topological polar surface area (TPSA) is 62.2 Å². The third-order valence-electron chi connectivity index (χ3n) is 2.61. The highest BCUT2D eigenvalue weighted by atomic mass is 79.9. The summed E-state index contributed by atoms with van der Waals surface area (Å²) in [6, 6.07) is 7.19. The van der Waals surface area contributed by atoms with Gasteiger partial charge in [-0.15, -0.1) is 0 Å². The molecule has 4 nitrogen and oxygen atoms in total. The molecule has 0 saturated heterocycles.